The molecule has 2 fully saturated rings. The van der Waals surface area contributed by atoms with Gasteiger partial charge in [0.15, 0.2) is 17.7 Å². The van der Waals surface area contributed by atoms with E-state index in [-0.39, 0.29) is 41.6 Å². The molecule has 4 aliphatic heterocycles. The van der Waals surface area contributed by atoms with Crippen LogP contribution in [0.15, 0.2) is 53.9 Å². The first kappa shape index (κ1) is 42.1. The summed E-state index contributed by atoms with van der Waals surface area (Å²) >= 11 is 0. The summed E-state index contributed by atoms with van der Waals surface area (Å²) in [7, 11) is 0. The number of amides is 6. The van der Waals surface area contributed by atoms with Crippen LogP contribution in [-0.4, -0.2) is 103 Å². The number of hydroxylamine groups is 1. The Hall–Kier alpha value is -6.64. The van der Waals surface area contributed by atoms with E-state index in [1.165, 1.54) is 11.1 Å². The minimum atomic E-state index is -4.83. The van der Waals surface area contributed by atoms with E-state index in [0.29, 0.717) is 93.8 Å². The number of hydrogen-bond acceptors (Lipinski definition) is 12. The molecule has 2 unspecified atom stereocenters. The highest BCUT2D eigenvalue weighted by atomic mass is 19.4. The molecule has 0 aliphatic carbocycles. The number of imide groups is 1. The van der Waals surface area contributed by atoms with Gasteiger partial charge >= 0.3 is 12.2 Å². The Labute approximate surface area is 353 Å². The molecule has 0 radical (unpaired) electrons. The second-order valence-electron chi connectivity index (χ2n) is 15.9. The molecule has 18 nitrogen and oxygen atoms in total. The Balaban J connectivity index is 0.780. The molecule has 0 bridgehead atoms. The first-order valence-electron chi connectivity index (χ1n) is 20.5. The van der Waals surface area contributed by atoms with E-state index in [1.807, 2.05) is 30.9 Å². The van der Waals surface area contributed by atoms with Crippen LogP contribution in [0.2, 0.25) is 0 Å². The number of alkyl halides is 3. The summed E-state index contributed by atoms with van der Waals surface area (Å²) in [6.07, 6.45) is 1.71. The third kappa shape index (κ3) is 8.88. The first-order valence-corrected chi connectivity index (χ1v) is 20.5. The summed E-state index contributed by atoms with van der Waals surface area (Å²) in [6.45, 7) is 6.41. The van der Waals surface area contributed by atoms with Gasteiger partial charge in [-0.05, 0) is 61.4 Å². The maximum Gasteiger partial charge on any atom is 0.418 e. The van der Waals surface area contributed by atoms with Crippen LogP contribution in [0, 0.1) is 0 Å². The summed E-state index contributed by atoms with van der Waals surface area (Å²) in [6, 6.07) is 6.64. The van der Waals surface area contributed by atoms with Crippen molar-refractivity contribution in [1.82, 2.24) is 40.2 Å². The number of carbonyl (C=O) groups is 5. The molecule has 2 saturated heterocycles. The van der Waals surface area contributed by atoms with Crippen LogP contribution < -0.4 is 26.3 Å². The van der Waals surface area contributed by atoms with Crippen LogP contribution in [0.25, 0.3) is 5.65 Å². The summed E-state index contributed by atoms with van der Waals surface area (Å²) in [5.41, 5.74) is 4.59. The number of nitrogens with zero attached hydrogens (tertiary/aromatic N) is 8. The van der Waals surface area contributed by atoms with Crippen LogP contribution >= 0.6 is 0 Å². The van der Waals surface area contributed by atoms with Gasteiger partial charge in [0.25, 0.3) is 5.91 Å². The number of anilines is 3. The molecule has 62 heavy (non-hydrogen) atoms. The number of pyridine rings is 1. The maximum atomic E-state index is 14.3. The fourth-order valence-corrected chi connectivity index (χ4v) is 8.22. The highest BCUT2D eigenvalue weighted by Crippen LogP contribution is 2.35. The lowest BCUT2D eigenvalue weighted by Gasteiger charge is -2.36. The van der Waals surface area contributed by atoms with E-state index in [9.17, 15) is 37.1 Å². The maximum absolute atomic E-state index is 14.3. The molecule has 2 atom stereocenters. The number of aliphatic imine (C=N–C) groups is 1. The van der Waals surface area contributed by atoms with Crippen molar-refractivity contribution in [2.45, 2.75) is 89.7 Å². The molecule has 0 saturated carbocycles. The van der Waals surface area contributed by atoms with Crippen molar-refractivity contribution in [2.24, 2.45) is 4.99 Å². The lowest BCUT2D eigenvalue weighted by atomic mass is 10.0. The Kier molecular flexibility index (Phi) is 11.8. The average molecular weight is 859 g/mol. The third-order valence-electron chi connectivity index (χ3n) is 11.3. The number of piperidine rings is 1. The predicted octanol–water partition coefficient (Wildman–Crippen LogP) is 4.58. The SMILES string of the molecule is CC(C)c1c(NC(=O)Nc2cnc(C3=NC(CCCCCC(=O)N4CCN(c5ccc6c(c5)CN(C5CCC(=O)NC5=O)C6=O)CC4)ON3)c(C(F)(F)F)c2)cnc2ccnn12. The molecule has 21 heteroatoms. The standard InChI is InChI=1S/C41H45F3N12O6/c1-23(2)36-29(21-45-31-12-13-47-56(31)36)49-40(61)48-25-19-28(41(42,43)44)35(46-20-25)37-51-33(62-52-37)6-4-3-5-7-34(58)54-16-14-53(15-17-54)26-8-9-27-24(18-26)22-55(39(27)60)30-10-11-32(57)50-38(30)59/h8-9,12-13,18-21,23,30,33H,3-7,10-11,14-17,22H2,1-2H3,(H,51,52)(H2,48,49,61)(H,50,57,59). The number of piperazine rings is 1. The molecular weight excluding hydrogens is 814 g/mol. The topological polar surface area (TPSA) is 208 Å². The zero-order valence-corrected chi connectivity index (χ0v) is 34.0. The Bertz CT molecular complexity index is 2450. The van der Waals surface area contributed by atoms with E-state index in [0.717, 1.165) is 23.5 Å². The van der Waals surface area contributed by atoms with E-state index < -0.39 is 41.6 Å². The number of carbonyl (C=O) groups excluding carboxylic acids is 5. The van der Waals surface area contributed by atoms with Crippen molar-refractivity contribution in [1.29, 1.82) is 0 Å². The van der Waals surface area contributed by atoms with Crippen molar-refractivity contribution in [3.63, 3.8) is 0 Å². The molecule has 4 aromatic rings. The zero-order valence-electron chi connectivity index (χ0n) is 34.0. The smallest absolute Gasteiger partial charge is 0.368 e. The van der Waals surface area contributed by atoms with E-state index in [4.69, 9.17) is 4.84 Å². The monoisotopic (exact) mass is 858 g/mol. The van der Waals surface area contributed by atoms with Crippen LogP contribution in [0.3, 0.4) is 0 Å². The quantitative estimate of drug-likeness (QED) is 0.115. The first-order chi connectivity index (χ1) is 29.7. The molecule has 326 valence electrons. The number of benzene rings is 1. The van der Waals surface area contributed by atoms with Gasteiger partial charge < -0.3 is 25.3 Å². The van der Waals surface area contributed by atoms with Crippen LogP contribution in [0.5, 0.6) is 0 Å². The Morgan fingerprint density at radius 1 is 0.984 bits per heavy atom. The minimum Gasteiger partial charge on any atom is -0.368 e. The van der Waals surface area contributed by atoms with Crippen LogP contribution in [0.1, 0.15) is 97.6 Å². The normalized spacial score (nSPS) is 19.2. The van der Waals surface area contributed by atoms with Crippen molar-refractivity contribution < 1.29 is 42.0 Å². The fraction of sp³-hybridized carbons (Fsp3) is 0.439. The number of unbranched alkanes of at least 4 members (excludes halogenated alkanes) is 2. The van der Waals surface area contributed by atoms with Gasteiger partial charge in [-0.15, -0.1) is 0 Å². The van der Waals surface area contributed by atoms with Crippen molar-refractivity contribution in [2.75, 3.05) is 41.7 Å². The molecule has 7 heterocycles. The van der Waals surface area contributed by atoms with Gasteiger partial charge in [-0.1, -0.05) is 20.3 Å². The Morgan fingerprint density at radius 2 is 1.79 bits per heavy atom. The van der Waals surface area contributed by atoms with E-state index >= 15 is 0 Å². The molecule has 6 amide bonds. The number of hydrogen-bond donors (Lipinski definition) is 4. The fourth-order valence-electron chi connectivity index (χ4n) is 8.22. The number of fused-ring (bicyclic) bond motifs is 2. The number of rotatable bonds is 12. The van der Waals surface area contributed by atoms with Gasteiger partial charge in [0.05, 0.1) is 41.2 Å². The second-order valence-corrected chi connectivity index (χ2v) is 15.9. The minimum absolute atomic E-state index is 0.0393. The van der Waals surface area contributed by atoms with Gasteiger partial charge in [-0.25, -0.2) is 29.6 Å². The highest BCUT2D eigenvalue weighted by molar-refractivity contribution is 6.06. The van der Waals surface area contributed by atoms with Gasteiger partial charge in [0, 0.05) is 62.9 Å². The average Bonchev–Trinajstić information content (AvgIpc) is 3.99. The summed E-state index contributed by atoms with van der Waals surface area (Å²) in [5.74, 6) is -1.21. The zero-order chi connectivity index (χ0) is 43.7. The summed E-state index contributed by atoms with van der Waals surface area (Å²) in [5, 5.41) is 11.6. The molecule has 4 aliphatic rings. The van der Waals surface area contributed by atoms with Crippen LogP contribution in [-0.2, 0) is 31.9 Å². The van der Waals surface area contributed by atoms with Crippen LogP contribution in [0.4, 0.5) is 35.0 Å². The predicted molar refractivity (Wildman–Crippen MR) is 218 cm³/mol. The van der Waals surface area contributed by atoms with Gasteiger partial charge in [0.2, 0.25) is 17.7 Å². The summed E-state index contributed by atoms with van der Waals surface area (Å²) < 4.78 is 44.4. The van der Waals surface area contributed by atoms with Crippen molar-refractivity contribution >= 4 is 58.2 Å². The molecular formula is C41H45F3N12O6. The number of nitrogens with one attached hydrogen (secondary N) is 4. The number of urea groups is 1. The number of halogens is 3. The highest BCUT2D eigenvalue weighted by Gasteiger charge is 2.40. The molecule has 1 aromatic carbocycles. The second kappa shape index (κ2) is 17.4. The number of aromatic nitrogens is 4. The van der Waals surface area contributed by atoms with Crippen molar-refractivity contribution in [3.8, 4) is 0 Å². The third-order valence-corrected chi connectivity index (χ3v) is 11.3. The molecule has 8 rings (SSSR count). The lowest BCUT2D eigenvalue weighted by Crippen LogP contribution is -2.52. The Morgan fingerprint density at radius 3 is 2.55 bits per heavy atom. The van der Waals surface area contributed by atoms with E-state index in [2.05, 4.69) is 46.4 Å². The lowest BCUT2D eigenvalue weighted by molar-refractivity contribution is -0.138. The molecule has 4 N–H and O–H groups in total. The van der Waals surface area contributed by atoms with E-state index in [1.54, 1.807) is 22.8 Å². The van der Waals surface area contributed by atoms with Gasteiger partial charge in [-0.3, -0.25) is 29.5 Å². The summed E-state index contributed by atoms with van der Waals surface area (Å²) in [4.78, 5) is 86.6. The largest absolute Gasteiger partial charge is 0.418 e. The number of amidine groups is 1. The van der Waals surface area contributed by atoms with Crippen molar-refractivity contribution in [3.05, 3.63) is 77.0 Å². The van der Waals surface area contributed by atoms with Gasteiger partial charge in [0.1, 0.15) is 11.7 Å². The van der Waals surface area contributed by atoms with Gasteiger partial charge in [-0.2, -0.15) is 18.3 Å². The molecule has 3 aromatic heterocycles. The molecule has 0 spiro atoms.